The third-order valence-electron chi connectivity index (χ3n) is 5.46. The number of carbonyl (C=O) groups is 2. The first-order valence-corrected chi connectivity index (χ1v) is 10.2. The fourth-order valence-corrected chi connectivity index (χ4v) is 3.48. The van der Waals surface area contributed by atoms with Crippen molar-refractivity contribution in [1.29, 1.82) is 0 Å². The Morgan fingerprint density at radius 2 is 1.57 bits per heavy atom. The van der Waals surface area contributed by atoms with Gasteiger partial charge in [0.25, 0.3) is 5.91 Å². The van der Waals surface area contributed by atoms with Gasteiger partial charge in [0.2, 0.25) is 0 Å². The summed E-state index contributed by atoms with van der Waals surface area (Å²) in [6, 6.07) is 14.8. The van der Waals surface area contributed by atoms with Crippen molar-refractivity contribution in [2.45, 2.75) is 45.1 Å². The minimum Gasteiger partial charge on any atom is -0.497 e. The number of urea groups is 1. The van der Waals surface area contributed by atoms with E-state index in [2.05, 4.69) is 26.1 Å². The first-order valence-electron chi connectivity index (χ1n) is 10.2. The molecule has 3 amide bonds. The van der Waals surface area contributed by atoms with Crippen molar-refractivity contribution < 1.29 is 19.1 Å². The molecule has 1 N–H and O–H groups in total. The van der Waals surface area contributed by atoms with Crippen molar-refractivity contribution in [3.8, 4) is 11.5 Å². The molecular weight excluding hydrogens is 380 g/mol. The quantitative estimate of drug-likeness (QED) is 0.548. The molecule has 30 heavy (non-hydrogen) atoms. The minimum absolute atomic E-state index is 0.0261. The van der Waals surface area contributed by atoms with Crippen molar-refractivity contribution in [2.24, 2.45) is 0 Å². The van der Waals surface area contributed by atoms with E-state index >= 15 is 0 Å². The average molecular weight is 411 g/mol. The Bertz CT molecular complexity index is 900. The van der Waals surface area contributed by atoms with E-state index in [1.54, 1.807) is 14.0 Å². The lowest BCUT2D eigenvalue weighted by Crippen LogP contribution is -2.41. The van der Waals surface area contributed by atoms with E-state index in [0.717, 1.165) is 17.1 Å². The van der Waals surface area contributed by atoms with E-state index in [0.29, 0.717) is 19.6 Å². The number of hydrogen-bond acceptors (Lipinski definition) is 4. The number of amides is 3. The van der Waals surface area contributed by atoms with Crippen LogP contribution in [0.4, 0.5) is 4.79 Å². The molecule has 6 nitrogen and oxygen atoms in total. The van der Waals surface area contributed by atoms with Crippen LogP contribution in [-0.2, 0) is 15.7 Å². The maximum atomic E-state index is 13.0. The third-order valence-corrected chi connectivity index (χ3v) is 5.46. The van der Waals surface area contributed by atoms with Crippen LogP contribution >= 0.6 is 0 Å². The number of benzene rings is 2. The van der Waals surface area contributed by atoms with Gasteiger partial charge in [-0.05, 0) is 54.2 Å². The van der Waals surface area contributed by atoms with Crippen LogP contribution in [0.15, 0.2) is 48.5 Å². The van der Waals surface area contributed by atoms with E-state index in [9.17, 15) is 9.59 Å². The van der Waals surface area contributed by atoms with Crippen LogP contribution in [0.3, 0.4) is 0 Å². The van der Waals surface area contributed by atoms with E-state index in [1.807, 2.05) is 48.5 Å². The summed E-state index contributed by atoms with van der Waals surface area (Å²) in [6.07, 6.45) is 0.546. The van der Waals surface area contributed by atoms with Gasteiger partial charge in [0.05, 0.1) is 13.7 Å². The fraction of sp³-hybridized carbons (Fsp3) is 0.417. The zero-order valence-electron chi connectivity index (χ0n) is 18.3. The van der Waals surface area contributed by atoms with Gasteiger partial charge in [-0.15, -0.1) is 0 Å². The molecule has 2 aromatic carbocycles. The summed E-state index contributed by atoms with van der Waals surface area (Å²) < 4.78 is 10.8. The van der Waals surface area contributed by atoms with Crippen LogP contribution in [0.2, 0.25) is 0 Å². The highest BCUT2D eigenvalue weighted by Crippen LogP contribution is 2.31. The van der Waals surface area contributed by atoms with Gasteiger partial charge < -0.3 is 14.8 Å². The molecule has 0 spiro atoms. The molecule has 0 saturated carbocycles. The Morgan fingerprint density at radius 1 is 0.967 bits per heavy atom. The lowest BCUT2D eigenvalue weighted by molar-refractivity contribution is -0.131. The molecule has 160 valence electrons. The molecule has 0 aliphatic carbocycles. The standard InChI is InChI=1S/C24H30N2O4/c1-23(2,3)17-7-9-18(10-8-17)24(4)21(27)26(22(28)25-24)15-6-16-30-20-13-11-19(29-5)12-14-20/h7-14H,6,15-16H2,1-5H3,(H,25,28). The first-order chi connectivity index (χ1) is 14.1. The Hall–Kier alpha value is -3.02. The third kappa shape index (κ3) is 4.42. The first kappa shape index (κ1) is 21.7. The number of methoxy groups -OCH3 is 1. The molecule has 0 radical (unpaired) electrons. The second-order valence-corrected chi connectivity index (χ2v) is 8.72. The molecule has 0 bridgehead atoms. The average Bonchev–Trinajstić information content (AvgIpc) is 2.94. The molecule has 1 saturated heterocycles. The molecule has 3 rings (SSSR count). The Labute approximate surface area is 178 Å². The van der Waals surface area contributed by atoms with Crippen LogP contribution in [0.25, 0.3) is 0 Å². The topological polar surface area (TPSA) is 67.9 Å². The summed E-state index contributed by atoms with van der Waals surface area (Å²) in [6.45, 7) is 8.88. The lowest BCUT2D eigenvalue weighted by atomic mass is 9.84. The van der Waals surface area contributed by atoms with E-state index in [1.165, 1.54) is 10.5 Å². The van der Waals surface area contributed by atoms with Crippen LogP contribution in [0.1, 0.15) is 45.2 Å². The number of carbonyl (C=O) groups excluding carboxylic acids is 2. The van der Waals surface area contributed by atoms with Gasteiger partial charge in [0.1, 0.15) is 17.0 Å². The zero-order chi connectivity index (χ0) is 21.9. The van der Waals surface area contributed by atoms with Crippen LogP contribution < -0.4 is 14.8 Å². The van der Waals surface area contributed by atoms with Crippen molar-refractivity contribution >= 4 is 11.9 Å². The predicted octanol–water partition coefficient (Wildman–Crippen LogP) is 4.23. The van der Waals surface area contributed by atoms with Crippen LogP contribution in [0, 0.1) is 0 Å². The Kier molecular flexibility index (Phi) is 6.06. The van der Waals surface area contributed by atoms with Crippen molar-refractivity contribution in [1.82, 2.24) is 10.2 Å². The highest BCUT2D eigenvalue weighted by Gasteiger charge is 2.48. The number of rotatable bonds is 7. The van der Waals surface area contributed by atoms with Crippen molar-refractivity contribution in [3.63, 3.8) is 0 Å². The van der Waals surface area contributed by atoms with Crippen LogP contribution in [-0.4, -0.2) is 37.1 Å². The van der Waals surface area contributed by atoms with Crippen molar-refractivity contribution in [3.05, 3.63) is 59.7 Å². The minimum atomic E-state index is -1.05. The molecule has 1 atom stereocenters. The Morgan fingerprint density at radius 3 is 2.13 bits per heavy atom. The van der Waals surface area contributed by atoms with E-state index in [4.69, 9.17) is 9.47 Å². The molecular formula is C24H30N2O4. The number of imide groups is 1. The highest BCUT2D eigenvalue weighted by atomic mass is 16.5. The maximum absolute atomic E-state index is 13.0. The number of nitrogens with one attached hydrogen (secondary N) is 1. The van der Waals surface area contributed by atoms with Gasteiger partial charge in [0, 0.05) is 6.54 Å². The van der Waals surface area contributed by atoms with E-state index < -0.39 is 5.54 Å². The molecule has 1 aliphatic heterocycles. The summed E-state index contributed by atoms with van der Waals surface area (Å²) in [7, 11) is 1.61. The molecule has 0 aromatic heterocycles. The number of ether oxygens (including phenoxy) is 2. The summed E-state index contributed by atoms with van der Waals surface area (Å²) in [5.74, 6) is 1.24. The van der Waals surface area contributed by atoms with Gasteiger partial charge in [-0.25, -0.2) is 4.79 Å². The number of hydrogen-bond donors (Lipinski definition) is 1. The summed E-state index contributed by atoms with van der Waals surface area (Å²) in [4.78, 5) is 26.8. The SMILES string of the molecule is COc1ccc(OCCCN2C(=O)NC(C)(c3ccc(C(C)(C)C)cc3)C2=O)cc1. The molecule has 1 aliphatic rings. The van der Waals surface area contributed by atoms with Crippen LogP contribution in [0.5, 0.6) is 11.5 Å². The van der Waals surface area contributed by atoms with Gasteiger partial charge in [-0.1, -0.05) is 45.0 Å². The van der Waals surface area contributed by atoms with Crippen molar-refractivity contribution in [2.75, 3.05) is 20.3 Å². The second kappa shape index (κ2) is 8.38. The number of nitrogens with zero attached hydrogens (tertiary/aromatic N) is 1. The maximum Gasteiger partial charge on any atom is 0.325 e. The second-order valence-electron chi connectivity index (χ2n) is 8.72. The molecule has 1 fully saturated rings. The van der Waals surface area contributed by atoms with E-state index in [-0.39, 0.29) is 17.4 Å². The smallest absolute Gasteiger partial charge is 0.325 e. The summed E-state index contributed by atoms with van der Waals surface area (Å²) in [5, 5.41) is 2.86. The van der Waals surface area contributed by atoms with Gasteiger partial charge >= 0.3 is 6.03 Å². The lowest BCUT2D eigenvalue weighted by Gasteiger charge is -2.24. The highest BCUT2D eigenvalue weighted by molar-refractivity contribution is 6.07. The molecule has 2 aromatic rings. The van der Waals surface area contributed by atoms with Gasteiger partial charge in [-0.2, -0.15) is 0 Å². The largest absolute Gasteiger partial charge is 0.497 e. The zero-order valence-corrected chi connectivity index (χ0v) is 18.3. The molecule has 1 unspecified atom stereocenters. The summed E-state index contributed by atoms with van der Waals surface area (Å²) in [5.41, 5.74) is 0.938. The summed E-state index contributed by atoms with van der Waals surface area (Å²) >= 11 is 0. The normalized spacial score (nSPS) is 19.0. The molecule has 1 heterocycles. The molecule has 6 heteroatoms. The fourth-order valence-electron chi connectivity index (χ4n) is 3.48. The van der Waals surface area contributed by atoms with Gasteiger partial charge in [0.15, 0.2) is 0 Å². The van der Waals surface area contributed by atoms with Gasteiger partial charge in [-0.3, -0.25) is 9.69 Å². The Balaban J connectivity index is 1.59. The monoisotopic (exact) mass is 410 g/mol. The predicted molar refractivity (Wildman–Crippen MR) is 116 cm³/mol.